The zero-order valence-corrected chi connectivity index (χ0v) is 14.7. The Bertz CT molecular complexity index is 594. The van der Waals surface area contributed by atoms with Crippen molar-refractivity contribution in [2.24, 2.45) is 5.92 Å². The molecule has 2 rings (SSSR count). The molecule has 2 amide bonds. The van der Waals surface area contributed by atoms with Gasteiger partial charge in [-0.2, -0.15) is 13.2 Å². The maximum Gasteiger partial charge on any atom is 0.416 e. The normalized spacial score (nSPS) is 15.5. The number of hydrogen-bond acceptors (Lipinski definition) is 2. The lowest BCUT2D eigenvalue weighted by atomic mass is 9.86. The van der Waals surface area contributed by atoms with Gasteiger partial charge in [0.2, 0.25) is 5.91 Å². The van der Waals surface area contributed by atoms with Crippen LogP contribution in [0.5, 0.6) is 0 Å². The molecule has 1 aromatic rings. The number of benzene rings is 1. The largest absolute Gasteiger partial charge is 0.416 e. The van der Waals surface area contributed by atoms with Gasteiger partial charge in [-0.1, -0.05) is 32.1 Å². The van der Waals surface area contributed by atoms with Gasteiger partial charge in [0.15, 0.2) is 0 Å². The second-order valence-corrected chi connectivity index (χ2v) is 6.72. The molecule has 0 unspecified atom stereocenters. The third-order valence-corrected chi connectivity index (χ3v) is 4.71. The van der Waals surface area contributed by atoms with Crippen LogP contribution in [0.25, 0.3) is 0 Å². The van der Waals surface area contributed by atoms with E-state index in [2.05, 4.69) is 10.6 Å². The third kappa shape index (κ3) is 6.69. The Morgan fingerprint density at radius 2 is 1.58 bits per heavy atom. The molecular formula is C19H25F3N2O2. The van der Waals surface area contributed by atoms with Crippen LogP contribution in [0.3, 0.4) is 0 Å². The van der Waals surface area contributed by atoms with Crippen molar-refractivity contribution in [3.8, 4) is 0 Å². The van der Waals surface area contributed by atoms with E-state index >= 15 is 0 Å². The Labute approximate surface area is 151 Å². The second kappa shape index (κ2) is 9.59. The highest BCUT2D eigenvalue weighted by atomic mass is 19.4. The third-order valence-electron chi connectivity index (χ3n) is 4.71. The smallest absolute Gasteiger partial charge is 0.354 e. The summed E-state index contributed by atoms with van der Waals surface area (Å²) in [5.41, 5.74) is -0.638. The van der Waals surface area contributed by atoms with Crippen molar-refractivity contribution in [2.75, 3.05) is 13.1 Å². The molecule has 0 atom stereocenters. The quantitative estimate of drug-likeness (QED) is 0.715. The number of carbonyl (C=O) groups excluding carboxylic acids is 2. The average Bonchev–Trinajstić information content (AvgIpc) is 2.63. The molecule has 0 spiro atoms. The summed E-state index contributed by atoms with van der Waals surface area (Å²) in [4.78, 5) is 23.7. The number of hydrogen-bond donors (Lipinski definition) is 2. The van der Waals surface area contributed by atoms with E-state index < -0.39 is 17.6 Å². The molecule has 2 N–H and O–H groups in total. The summed E-state index contributed by atoms with van der Waals surface area (Å²) in [6.07, 6.45) is 3.19. The molecule has 1 aliphatic carbocycles. The fourth-order valence-corrected chi connectivity index (χ4v) is 3.19. The molecule has 0 aromatic heterocycles. The van der Waals surface area contributed by atoms with Gasteiger partial charge in [-0.05, 0) is 36.6 Å². The summed E-state index contributed by atoms with van der Waals surface area (Å²) in [5, 5.41) is 5.34. The predicted octanol–water partition coefficient (Wildman–Crippen LogP) is 3.91. The van der Waals surface area contributed by atoms with E-state index in [9.17, 15) is 22.8 Å². The molecule has 0 saturated heterocycles. The number of nitrogens with one attached hydrogen (secondary N) is 2. The molecule has 0 bridgehead atoms. The molecule has 0 radical (unpaired) electrons. The minimum Gasteiger partial charge on any atom is -0.354 e. The maximum absolute atomic E-state index is 12.5. The van der Waals surface area contributed by atoms with Gasteiger partial charge in [-0.15, -0.1) is 0 Å². The number of halogens is 3. The minimum atomic E-state index is -4.42. The van der Waals surface area contributed by atoms with Gasteiger partial charge in [0.25, 0.3) is 5.91 Å². The van der Waals surface area contributed by atoms with Gasteiger partial charge in [0, 0.05) is 25.1 Å². The van der Waals surface area contributed by atoms with E-state index in [0.717, 1.165) is 30.7 Å². The zero-order chi connectivity index (χ0) is 19.0. The van der Waals surface area contributed by atoms with Crippen molar-refractivity contribution in [3.05, 3.63) is 35.4 Å². The summed E-state index contributed by atoms with van der Waals surface area (Å²) in [7, 11) is 0. The number of carbonyl (C=O) groups is 2. The summed E-state index contributed by atoms with van der Waals surface area (Å²) in [5.74, 6) is 0.156. The summed E-state index contributed by atoms with van der Waals surface area (Å²) in [6, 6.07) is 4.03. The first-order chi connectivity index (χ1) is 12.4. The van der Waals surface area contributed by atoms with Crippen LogP contribution >= 0.6 is 0 Å². The first-order valence-electron chi connectivity index (χ1n) is 9.08. The SMILES string of the molecule is O=C(CCC1CCCCC1)NCCNC(=O)c1ccc(C(F)(F)F)cc1. The summed E-state index contributed by atoms with van der Waals surface area (Å²) < 4.78 is 37.5. The van der Waals surface area contributed by atoms with Crippen molar-refractivity contribution < 1.29 is 22.8 Å². The second-order valence-electron chi connectivity index (χ2n) is 6.72. The van der Waals surface area contributed by atoms with E-state index in [-0.39, 0.29) is 18.0 Å². The molecule has 0 aliphatic heterocycles. The van der Waals surface area contributed by atoms with Gasteiger partial charge in [0.1, 0.15) is 0 Å². The van der Waals surface area contributed by atoms with Crippen LogP contribution in [0.1, 0.15) is 60.9 Å². The highest BCUT2D eigenvalue weighted by Crippen LogP contribution is 2.29. The Kier molecular flexibility index (Phi) is 7.48. The Hall–Kier alpha value is -2.05. The van der Waals surface area contributed by atoms with Gasteiger partial charge in [-0.3, -0.25) is 9.59 Å². The van der Waals surface area contributed by atoms with Gasteiger partial charge < -0.3 is 10.6 Å². The van der Waals surface area contributed by atoms with Crippen LogP contribution in [-0.4, -0.2) is 24.9 Å². The molecular weight excluding hydrogens is 345 g/mol. The Balaban J connectivity index is 1.62. The Morgan fingerprint density at radius 3 is 2.19 bits per heavy atom. The molecule has 4 nitrogen and oxygen atoms in total. The van der Waals surface area contributed by atoms with Gasteiger partial charge in [0.05, 0.1) is 5.56 Å². The number of alkyl halides is 3. The summed E-state index contributed by atoms with van der Waals surface area (Å²) >= 11 is 0. The lowest BCUT2D eigenvalue weighted by Gasteiger charge is -2.20. The van der Waals surface area contributed by atoms with Crippen LogP contribution in [-0.2, 0) is 11.0 Å². The summed E-state index contributed by atoms with van der Waals surface area (Å²) in [6.45, 7) is 0.533. The molecule has 1 fully saturated rings. The van der Waals surface area contributed by atoms with Crippen molar-refractivity contribution in [1.82, 2.24) is 10.6 Å². The molecule has 1 aromatic carbocycles. The van der Waals surface area contributed by atoms with Gasteiger partial charge >= 0.3 is 6.18 Å². The molecule has 26 heavy (non-hydrogen) atoms. The maximum atomic E-state index is 12.5. The van der Waals surface area contributed by atoms with Crippen LogP contribution in [0.4, 0.5) is 13.2 Å². The van der Waals surface area contributed by atoms with Gasteiger partial charge in [-0.25, -0.2) is 0 Å². The highest BCUT2D eigenvalue weighted by Gasteiger charge is 2.30. The van der Waals surface area contributed by atoms with Crippen molar-refractivity contribution in [2.45, 2.75) is 51.1 Å². The minimum absolute atomic E-state index is 0.0284. The molecule has 1 saturated carbocycles. The lowest BCUT2D eigenvalue weighted by Crippen LogP contribution is -2.34. The topological polar surface area (TPSA) is 58.2 Å². The van der Waals surface area contributed by atoms with Crippen LogP contribution in [0, 0.1) is 5.92 Å². The van der Waals surface area contributed by atoms with E-state index in [1.165, 1.54) is 32.1 Å². The van der Waals surface area contributed by atoms with E-state index in [1.54, 1.807) is 0 Å². The monoisotopic (exact) mass is 370 g/mol. The van der Waals surface area contributed by atoms with Crippen LogP contribution in [0.15, 0.2) is 24.3 Å². The first-order valence-corrected chi connectivity index (χ1v) is 9.08. The molecule has 1 aliphatic rings. The molecule has 7 heteroatoms. The lowest BCUT2D eigenvalue weighted by molar-refractivity contribution is -0.137. The first kappa shape index (κ1) is 20.3. The average molecular weight is 370 g/mol. The van der Waals surface area contributed by atoms with E-state index in [0.29, 0.717) is 18.9 Å². The number of rotatable bonds is 7. The van der Waals surface area contributed by atoms with Crippen LogP contribution in [0.2, 0.25) is 0 Å². The van der Waals surface area contributed by atoms with E-state index in [4.69, 9.17) is 0 Å². The standard InChI is InChI=1S/C19H25F3N2O2/c20-19(21,22)16-9-7-15(8-10-16)18(26)24-13-12-23-17(25)11-6-14-4-2-1-3-5-14/h7-10,14H,1-6,11-13H2,(H,23,25)(H,24,26). The fourth-order valence-electron chi connectivity index (χ4n) is 3.19. The zero-order valence-electron chi connectivity index (χ0n) is 14.7. The highest BCUT2D eigenvalue weighted by molar-refractivity contribution is 5.94. The molecule has 144 valence electrons. The van der Waals surface area contributed by atoms with E-state index in [1.807, 2.05) is 0 Å². The van der Waals surface area contributed by atoms with Crippen LogP contribution < -0.4 is 10.6 Å². The van der Waals surface area contributed by atoms with Crippen molar-refractivity contribution in [1.29, 1.82) is 0 Å². The Morgan fingerprint density at radius 1 is 0.962 bits per heavy atom. The predicted molar refractivity (Wildman–Crippen MR) is 92.6 cm³/mol. The number of amides is 2. The fraction of sp³-hybridized carbons (Fsp3) is 0.579. The molecule has 0 heterocycles. The van der Waals surface area contributed by atoms with Crippen molar-refractivity contribution in [3.63, 3.8) is 0 Å². The van der Waals surface area contributed by atoms with Crippen molar-refractivity contribution >= 4 is 11.8 Å².